The monoisotopic (exact) mass is 461 g/mol. The van der Waals surface area contributed by atoms with E-state index in [-0.39, 0.29) is 17.8 Å². The third-order valence-corrected chi connectivity index (χ3v) is 4.00. The molecule has 0 heterocycles. The second-order valence-electron chi connectivity index (χ2n) is 3.48. The van der Waals surface area contributed by atoms with Crippen LogP contribution in [0.5, 0.6) is 5.75 Å². The maximum absolute atomic E-state index is 11.4. The zero-order valence-corrected chi connectivity index (χ0v) is 13.8. The number of rotatable bonds is 4. The summed E-state index contributed by atoms with van der Waals surface area (Å²) in [4.78, 5) is 11.4. The van der Waals surface area contributed by atoms with Gasteiger partial charge in [0.2, 0.25) is 0 Å². The number of halogens is 2. The minimum absolute atomic E-state index is 0.286. The summed E-state index contributed by atoms with van der Waals surface area (Å²) in [5.74, 6) is -0.000355. The molecule has 2 N–H and O–H groups in total. The van der Waals surface area contributed by atoms with Gasteiger partial charge in [-0.3, -0.25) is 4.79 Å². The molecule has 1 aromatic carbocycles. The fraction of sp³-hybridized carbons (Fsp3) is 0.364. The van der Waals surface area contributed by atoms with Gasteiger partial charge in [0.1, 0.15) is 11.8 Å². The van der Waals surface area contributed by atoms with Gasteiger partial charge in [0, 0.05) is 0 Å². The predicted molar refractivity (Wildman–Crippen MR) is 82.1 cm³/mol. The normalized spacial score (nSPS) is 12.2. The van der Waals surface area contributed by atoms with Crippen LogP contribution in [0.15, 0.2) is 12.1 Å². The van der Waals surface area contributed by atoms with Crippen LogP contribution >= 0.6 is 45.2 Å². The Balaban J connectivity index is 2.91. The lowest BCUT2D eigenvalue weighted by Crippen LogP contribution is -2.36. The molecule has 1 aromatic rings. The lowest BCUT2D eigenvalue weighted by molar-refractivity contribution is -0.142. The molecule has 0 spiro atoms. The number of carbonyl (C=O) groups excluding carboxylic acids is 1. The van der Waals surface area contributed by atoms with E-state index in [1.54, 1.807) is 7.05 Å². The van der Waals surface area contributed by atoms with Gasteiger partial charge in [-0.05, 0) is 76.3 Å². The fourth-order valence-corrected chi connectivity index (χ4v) is 3.31. The predicted octanol–water partition coefficient (Wildman–Crippen LogP) is 1.90. The number of methoxy groups -OCH3 is 1. The van der Waals surface area contributed by atoms with Crippen LogP contribution in [0.1, 0.15) is 5.56 Å². The topological polar surface area (TPSA) is 58.6 Å². The van der Waals surface area contributed by atoms with Gasteiger partial charge < -0.3 is 15.2 Å². The van der Waals surface area contributed by atoms with Gasteiger partial charge >= 0.3 is 5.97 Å². The van der Waals surface area contributed by atoms with Gasteiger partial charge in [-0.1, -0.05) is 0 Å². The van der Waals surface area contributed by atoms with Crippen LogP contribution in [0.25, 0.3) is 0 Å². The summed E-state index contributed by atoms with van der Waals surface area (Å²) in [5.41, 5.74) is 0.987. The van der Waals surface area contributed by atoms with Crippen molar-refractivity contribution >= 4 is 51.2 Å². The zero-order chi connectivity index (χ0) is 13.0. The summed E-state index contributed by atoms with van der Waals surface area (Å²) < 4.78 is 6.27. The zero-order valence-electron chi connectivity index (χ0n) is 9.46. The fourth-order valence-electron chi connectivity index (χ4n) is 1.42. The number of benzene rings is 1. The maximum Gasteiger partial charge on any atom is 0.323 e. The van der Waals surface area contributed by atoms with Crippen molar-refractivity contribution in [3.63, 3.8) is 0 Å². The van der Waals surface area contributed by atoms with Crippen LogP contribution in [0, 0.1) is 7.14 Å². The minimum atomic E-state index is -0.365. The molecule has 0 fully saturated rings. The number of carbonyl (C=O) groups is 1. The molecule has 1 atom stereocenters. The lowest BCUT2D eigenvalue weighted by atomic mass is 10.1. The molecule has 0 radical (unpaired) electrons. The van der Waals surface area contributed by atoms with Crippen molar-refractivity contribution < 1.29 is 14.6 Å². The van der Waals surface area contributed by atoms with Gasteiger partial charge in [-0.15, -0.1) is 0 Å². The molecule has 0 aliphatic carbocycles. The summed E-state index contributed by atoms with van der Waals surface area (Å²) in [5, 5.41) is 12.6. The molecule has 0 aliphatic heterocycles. The second kappa shape index (κ2) is 6.74. The van der Waals surface area contributed by atoms with E-state index in [1.165, 1.54) is 7.11 Å². The summed E-state index contributed by atoms with van der Waals surface area (Å²) in [6.07, 6.45) is 0.537. The third kappa shape index (κ3) is 3.95. The first-order valence-electron chi connectivity index (χ1n) is 4.91. The molecule has 0 saturated carbocycles. The summed E-state index contributed by atoms with van der Waals surface area (Å²) in [6, 6.07) is 3.37. The molecular weight excluding hydrogens is 448 g/mol. The van der Waals surface area contributed by atoms with Crippen LogP contribution in [0.3, 0.4) is 0 Å². The summed E-state index contributed by atoms with van der Waals surface area (Å²) >= 11 is 4.14. The Morgan fingerprint density at radius 1 is 1.47 bits per heavy atom. The Morgan fingerprint density at radius 2 is 2.00 bits per heavy atom. The van der Waals surface area contributed by atoms with Crippen molar-refractivity contribution in [3.05, 3.63) is 24.8 Å². The highest BCUT2D eigenvalue weighted by Crippen LogP contribution is 2.27. The van der Waals surface area contributed by atoms with Crippen molar-refractivity contribution in [2.24, 2.45) is 0 Å². The highest BCUT2D eigenvalue weighted by molar-refractivity contribution is 14.1. The van der Waals surface area contributed by atoms with E-state index >= 15 is 0 Å². The van der Waals surface area contributed by atoms with E-state index in [0.29, 0.717) is 6.42 Å². The Bertz CT molecular complexity index is 400. The first kappa shape index (κ1) is 15.0. The van der Waals surface area contributed by atoms with Crippen molar-refractivity contribution in [1.29, 1.82) is 0 Å². The maximum atomic E-state index is 11.4. The van der Waals surface area contributed by atoms with Crippen molar-refractivity contribution in [2.45, 2.75) is 12.5 Å². The number of ether oxygens (including phenoxy) is 1. The van der Waals surface area contributed by atoms with E-state index in [2.05, 4.69) is 50.5 Å². The van der Waals surface area contributed by atoms with Gasteiger partial charge in [0.25, 0.3) is 0 Å². The van der Waals surface area contributed by atoms with Crippen LogP contribution in [0.4, 0.5) is 0 Å². The molecule has 0 aliphatic rings. The number of hydrogen-bond donors (Lipinski definition) is 2. The molecule has 0 aromatic heterocycles. The number of phenols is 1. The summed E-state index contributed by atoms with van der Waals surface area (Å²) in [6.45, 7) is 0. The number of aromatic hydroxyl groups is 1. The Morgan fingerprint density at radius 3 is 2.41 bits per heavy atom. The molecule has 94 valence electrons. The molecule has 0 unspecified atom stereocenters. The van der Waals surface area contributed by atoms with E-state index in [4.69, 9.17) is 4.74 Å². The molecule has 4 nitrogen and oxygen atoms in total. The van der Waals surface area contributed by atoms with Gasteiger partial charge in [0.05, 0.1) is 14.3 Å². The van der Waals surface area contributed by atoms with Crippen molar-refractivity contribution in [2.75, 3.05) is 14.2 Å². The molecule has 0 amide bonds. The highest BCUT2D eigenvalue weighted by atomic mass is 127. The average molecular weight is 461 g/mol. The standard InChI is InChI=1S/C11H13I2NO3/c1-14-9(11(16)17-2)5-6-3-7(12)10(15)8(13)4-6/h3-4,9,14-15H,5H2,1-2H3/t9-/m0/s1. The van der Waals surface area contributed by atoms with Crippen LogP contribution < -0.4 is 5.32 Å². The lowest BCUT2D eigenvalue weighted by Gasteiger charge is -2.14. The van der Waals surface area contributed by atoms with Crippen LogP contribution in [0.2, 0.25) is 0 Å². The molecule has 1 rings (SSSR count). The van der Waals surface area contributed by atoms with Gasteiger partial charge in [-0.25, -0.2) is 0 Å². The van der Waals surface area contributed by atoms with Crippen molar-refractivity contribution in [3.8, 4) is 5.75 Å². The number of phenolic OH excluding ortho intramolecular Hbond substituents is 1. The third-order valence-electron chi connectivity index (χ3n) is 2.35. The molecule has 0 saturated heterocycles. The van der Waals surface area contributed by atoms with E-state index in [1.807, 2.05) is 12.1 Å². The first-order chi connectivity index (χ1) is 7.99. The van der Waals surface area contributed by atoms with E-state index in [9.17, 15) is 9.90 Å². The average Bonchev–Trinajstić information content (AvgIpc) is 2.31. The largest absolute Gasteiger partial charge is 0.506 e. The molecular formula is C11H13I2NO3. The van der Waals surface area contributed by atoms with Gasteiger partial charge in [0.15, 0.2) is 0 Å². The smallest absolute Gasteiger partial charge is 0.323 e. The highest BCUT2D eigenvalue weighted by Gasteiger charge is 2.18. The number of hydrogen-bond acceptors (Lipinski definition) is 4. The van der Waals surface area contributed by atoms with E-state index in [0.717, 1.165) is 12.7 Å². The Kier molecular flexibility index (Phi) is 5.93. The minimum Gasteiger partial charge on any atom is -0.506 e. The Hall–Kier alpha value is -0.0900. The number of nitrogens with one attached hydrogen (secondary N) is 1. The van der Waals surface area contributed by atoms with Crippen LogP contribution in [-0.2, 0) is 16.0 Å². The Labute approximate surface area is 127 Å². The SMILES string of the molecule is CN[C@@H](Cc1cc(I)c(O)c(I)c1)C(=O)OC. The molecule has 17 heavy (non-hydrogen) atoms. The van der Waals surface area contributed by atoms with E-state index < -0.39 is 0 Å². The quantitative estimate of drug-likeness (QED) is 0.532. The summed E-state index contributed by atoms with van der Waals surface area (Å²) in [7, 11) is 3.09. The molecule has 0 bridgehead atoms. The van der Waals surface area contributed by atoms with Crippen LogP contribution in [-0.4, -0.2) is 31.3 Å². The first-order valence-corrected chi connectivity index (χ1v) is 7.07. The number of esters is 1. The van der Waals surface area contributed by atoms with Gasteiger partial charge in [-0.2, -0.15) is 0 Å². The number of likely N-dealkylation sites (N-methyl/N-ethyl adjacent to an activating group) is 1. The molecule has 6 heteroatoms. The second-order valence-corrected chi connectivity index (χ2v) is 5.80. The van der Waals surface area contributed by atoms with Crippen molar-refractivity contribution in [1.82, 2.24) is 5.32 Å².